The summed E-state index contributed by atoms with van der Waals surface area (Å²) in [5, 5.41) is 4.41. The topological polar surface area (TPSA) is 55.9 Å². The van der Waals surface area contributed by atoms with Crippen LogP contribution in [0.4, 0.5) is 0 Å². The van der Waals surface area contributed by atoms with Gasteiger partial charge in [0.15, 0.2) is 0 Å². The van der Waals surface area contributed by atoms with Crippen LogP contribution in [0.2, 0.25) is 0 Å². The number of halogens is 3. The first-order valence-corrected chi connectivity index (χ1v) is 8.47. The molecule has 1 heterocycles. The van der Waals surface area contributed by atoms with Crippen LogP contribution in [0.3, 0.4) is 0 Å². The minimum absolute atomic E-state index is 0.156. The summed E-state index contributed by atoms with van der Waals surface area (Å²) in [7, 11) is 0. The predicted molar refractivity (Wildman–Crippen MR) is 91.3 cm³/mol. The van der Waals surface area contributed by atoms with Gasteiger partial charge in [0.2, 0.25) is 0 Å². The third-order valence-electron chi connectivity index (χ3n) is 2.99. The molecule has 1 unspecified atom stereocenters. The lowest BCUT2D eigenvalue weighted by Gasteiger charge is -2.22. The molecule has 2 aromatic rings. The first-order chi connectivity index (χ1) is 9.45. The van der Waals surface area contributed by atoms with E-state index < -0.39 is 0 Å². The van der Waals surface area contributed by atoms with Crippen molar-refractivity contribution in [1.82, 2.24) is 15.2 Å². The quantitative estimate of drug-likeness (QED) is 0.521. The molecule has 0 amide bonds. The van der Waals surface area contributed by atoms with Gasteiger partial charge in [-0.05, 0) is 47.5 Å². The number of nitrogens with two attached hydrogens (primary N) is 1. The molecule has 0 radical (unpaired) electrons. The summed E-state index contributed by atoms with van der Waals surface area (Å²) in [5.74, 6) is 5.80. The second-order valence-corrected chi connectivity index (χ2v) is 7.31. The third-order valence-corrected chi connectivity index (χ3v) is 4.78. The Morgan fingerprint density at radius 2 is 1.90 bits per heavy atom. The lowest BCUT2D eigenvalue weighted by Crippen LogP contribution is -2.31. The number of benzene rings is 1. The molecule has 0 aliphatic rings. The first-order valence-electron chi connectivity index (χ1n) is 6.09. The molecule has 0 saturated heterocycles. The molecule has 0 aliphatic heterocycles. The van der Waals surface area contributed by atoms with Gasteiger partial charge >= 0.3 is 0 Å². The molecule has 1 aromatic heterocycles. The Labute approximate surface area is 143 Å². The van der Waals surface area contributed by atoms with Crippen molar-refractivity contribution in [2.24, 2.45) is 5.84 Å². The summed E-state index contributed by atoms with van der Waals surface area (Å²) >= 11 is 10.6. The zero-order valence-electron chi connectivity index (χ0n) is 11.1. The Kier molecular flexibility index (Phi) is 5.42. The number of nitrogens with zero attached hydrogens (tertiary/aromatic N) is 2. The van der Waals surface area contributed by atoms with Gasteiger partial charge in [-0.15, -0.1) is 0 Å². The number of nitrogens with one attached hydrogen (secondary N) is 1. The molecule has 0 bridgehead atoms. The molecule has 0 aliphatic carbocycles. The molecule has 7 heteroatoms. The molecule has 20 heavy (non-hydrogen) atoms. The number of hydrazine groups is 1. The fourth-order valence-corrected chi connectivity index (χ4v) is 3.86. The van der Waals surface area contributed by atoms with Crippen molar-refractivity contribution in [2.75, 3.05) is 0 Å². The Balaban J connectivity index is 2.55. The van der Waals surface area contributed by atoms with Crippen LogP contribution in [-0.4, -0.2) is 9.78 Å². The van der Waals surface area contributed by atoms with Crippen molar-refractivity contribution in [1.29, 1.82) is 0 Å². The van der Waals surface area contributed by atoms with E-state index in [4.69, 9.17) is 5.84 Å². The zero-order valence-corrected chi connectivity index (χ0v) is 15.8. The van der Waals surface area contributed by atoms with E-state index >= 15 is 0 Å². The fourth-order valence-electron chi connectivity index (χ4n) is 2.08. The summed E-state index contributed by atoms with van der Waals surface area (Å²) in [6.45, 7) is 4.18. The highest BCUT2D eigenvalue weighted by Crippen LogP contribution is 2.34. The van der Waals surface area contributed by atoms with Gasteiger partial charge < -0.3 is 0 Å². The van der Waals surface area contributed by atoms with Crippen LogP contribution >= 0.6 is 47.8 Å². The molecule has 1 atom stereocenters. The normalized spacial score (nSPS) is 12.9. The molecule has 108 valence electrons. The monoisotopic (exact) mass is 464 g/mol. The Morgan fingerprint density at radius 3 is 2.45 bits per heavy atom. The molecule has 0 fully saturated rings. The van der Waals surface area contributed by atoms with E-state index in [9.17, 15) is 0 Å². The van der Waals surface area contributed by atoms with Crippen LogP contribution in [0, 0.1) is 0 Å². The van der Waals surface area contributed by atoms with E-state index in [0.717, 1.165) is 24.7 Å². The Hall–Kier alpha value is -0.210. The van der Waals surface area contributed by atoms with Crippen LogP contribution in [0.1, 0.15) is 37.2 Å². The number of hydrogen-bond donors (Lipinski definition) is 2. The minimum Gasteiger partial charge on any atom is -0.271 e. The summed E-state index contributed by atoms with van der Waals surface area (Å²) in [6, 6.07) is 6.12. The Bertz CT molecular complexity index is 610. The highest BCUT2D eigenvalue weighted by atomic mass is 79.9. The van der Waals surface area contributed by atoms with Crippen molar-refractivity contribution in [3.63, 3.8) is 0 Å². The van der Waals surface area contributed by atoms with Gasteiger partial charge in [-0.1, -0.05) is 37.9 Å². The molecular formula is C13H15Br3N4. The van der Waals surface area contributed by atoms with Gasteiger partial charge in [-0.2, -0.15) is 5.10 Å². The van der Waals surface area contributed by atoms with E-state index in [-0.39, 0.29) is 12.1 Å². The van der Waals surface area contributed by atoms with Crippen molar-refractivity contribution in [3.8, 4) is 0 Å². The van der Waals surface area contributed by atoms with Crippen LogP contribution in [0.5, 0.6) is 0 Å². The highest BCUT2D eigenvalue weighted by molar-refractivity contribution is 9.11. The number of aromatic nitrogens is 2. The number of rotatable bonds is 4. The molecule has 0 saturated carbocycles. The minimum atomic E-state index is -0.156. The van der Waals surface area contributed by atoms with Gasteiger partial charge in [-0.25, -0.2) is 5.43 Å². The van der Waals surface area contributed by atoms with Gasteiger partial charge in [0.1, 0.15) is 0 Å². The largest absolute Gasteiger partial charge is 0.271 e. The second kappa shape index (κ2) is 6.70. The van der Waals surface area contributed by atoms with E-state index in [0.29, 0.717) is 0 Å². The summed E-state index contributed by atoms with van der Waals surface area (Å²) in [6.07, 6.45) is 1.80. The maximum atomic E-state index is 5.80. The van der Waals surface area contributed by atoms with Crippen LogP contribution in [0.15, 0.2) is 37.8 Å². The molecule has 1 aromatic carbocycles. The maximum Gasteiger partial charge on any atom is 0.0900 e. The average Bonchev–Trinajstić information content (AvgIpc) is 2.75. The third kappa shape index (κ3) is 3.17. The van der Waals surface area contributed by atoms with E-state index in [1.54, 1.807) is 6.20 Å². The molecule has 3 N–H and O–H groups in total. The lowest BCUT2D eigenvalue weighted by atomic mass is 10.0. The fraction of sp³-hybridized carbons (Fsp3) is 0.308. The highest BCUT2D eigenvalue weighted by Gasteiger charge is 2.23. The van der Waals surface area contributed by atoms with E-state index in [2.05, 4.69) is 72.2 Å². The summed E-state index contributed by atoms with van der Waals surface area (Å²) in [4.78, 5) is 0. The van der Waals surface area contributed by atoms with Crippen LogP contribution in [-0.2, 0) is 0 Å². The molecular weight excluding hydrogens is 452 g/mol. The smallest absolute Gasteiger partial charge is 0.0900 e. The first kappa shape index (κ1) is 16.2. The van der Waals surface area contributed by atoms with Gasteiger partial charge in [0.25, 0.3) is 0 Å². The van der Waals surface area contributed by atoms with Crippen LogP contribution in [0.25, 0.3) is 0 Å². The van der Waals surface area contributed by atoms with Crippen molar-refractivity contribution < 1.29 is 0 Å². The standard InChI is InChI=1S/C13H15Br3N4/c1-7(2)20-13(11(16)6-18-20)12(19-17)9-4-3-8(14)5-10(9)15/h3-7,12,19H,17H2,1-2H3. The SMILES string of the molecule is CC(C)n1ncc(Br)c1C(NN)c1ccc(Br)cc1Br. The zero-order chi connectivity index (χ0) is 14.9. The maximum absolute atomic E-state index is 5.80. The van der Waals surface area contributed by atoms with Gasteiger partial charge in [0, 0.05) is 15.0 Å². The van der Waals surface area contributed by atoms with Crippen molar-refractivity contribution in [2.45, 2.75) is 25.9 Å². The van der Waals surface area contributed by atoms with Gasteiger partial charge in [0.05, 0.1) is 22.4 Å². The summed E-state index contributed by atoms with van der Waals surface area (Å²) in [5.41, 5.74) is 4.94. The molecule has 4 nitrogen and oxygen atoms in total. The molecule has 2 rings (SSSR count). The Morgan fingerprint density at radius 1 is 1.20 bits per heavy atom. The van der Waals surface area contributed by atoms with Gasteiger partial charge in [-0.3, -0.25) is 10.5 Å². The van der Waals surface area contributed by atoms with E-state index in [1.807, 2.05) is 22.9 Å². The second-order valence-electron chi connectivity index (χ2n) is 4.68. The summed E-state index contributed by atoms with van der Waals surface area (Å²) < 4.78 is 4.89. The van der Waals surface area contributed by atoms with Crippen molar-refractivity contribution >= 4 is 47.8 Å². The predicted octanol–water partition coefficient (Wildman–Crippen LogP) is 4.30. The number of hydrogen-bond acceptors (Lipinski definition) is 3. The molecule has 0 spiro atoms. The van der Waals surface area contributed by atoms with Crippen molar-refractivity contribution in [3.05, 3.63) is 49.1 Å². The lowest BCUT2D eigenvalue weighted by molar-refractivity contribution is 0.475. The van der Waals surface area contributed by atoms with E-state index in [1.165, 1.54) is 0 Å². The van der Waals surface area contributed by atoms with Crippen LogP contribution < -0.4 is 11.3 Å². The average molecular weight is 467 g/mol.